The molecule has 4 aromatic rings. The first kappa shape index (κ1) is 22.2. The molecule has 1 amide bonds. The predicted molar refractivity (Wildman–Crippen MR) is 123 cm³/mol. The first-order valence-electron chi connectivity index (χ1n) is 9.60. The van der Waals surface area contributed by atoms with Crippen molar-refractivity contribution in [2.24, 2.45) is 10.7 Å². The van der Waals surface area contributed by atoms with Crippen LogP contribution in [0.5, 0.6) is 0 Å². The minimum atomic E-state index is -4.89. The van der Waals surface area contributed by atoms with Gasteiger partial charge in [0, 0.05) is 29.8 Å². The SMILES string of the molecule is NC=C(C(=O)Nc1cccc(-c2nc3ccncc3s2)c1)C(=Nc1ccccc1)C(F)(F)F. The summed E-state index contributed by atoms with van der Waals surface area (Å²) in [4.78, 5) is 25.0. The number of hydrogen-bond donors (Lipinski definition) is 2. The van der Waals surface area contributed by atoms with Crippen LogP contribution in [0.3, 0.4) is 0 Å². The summed E-state index contributed by atoms with van der Waals surface area (Å²) in [5.41, 5.74) is 5.06. The van der Waals surface area contributed by atoms with E-state index in [2.05, 4.69) is 20.3 Å². The molecule has 0 aliphatic carbocycles. The first-order chi connectivity index (χ1) is 15.8. The maximum Gasteiger partial charge on any atom is 0.434 e. The molecular formula is C23H16F3N5OS. The highest BCUT2D eigenvalue weighted by atomic mass is 32.1. The van der Waals surface area contributed by atoms with Gasteiger partial charge in [0.25, 0.3) is 5.91 Å². The Bertz CT molecular complexity index is 1330. The number of rotatable bonds is 5. The third-order valence-corrected chi connectivity index (χ3v) is 5.55. The van der Waals surface area contributed by atoms with Crippen molar-refractivity contribution in [2.75, 3.05) is 5.32 Å². The van der Waals surface area contributed by atoms with E-state index < -0.39 is 23.4 Å². The first-order valence-corrected chi connectivity index (χ1v) is 10.4. The number of anilines is 1. The van der Waals surface area contributed by atoms with Crippen molar-refractivity contribution >= 4 is 44.5 Å². The van der Waals surface area contributed by atoms with Crippen molar-refractivity contribution in [3.05, 3.63) is 84.8 Å². The van der Waals surface area contributed by atoms with E-state index in [9.17, 15) is 18.0 Å². The van der Waals surface area contributed by atoms with Gasteiger partial charge in [-0.2, -0.15) is 13.2 Å². The molecule has 0 saturated heterocycles. The van der Waals surface area contributed by atoms with E-state index >= 15 is 0 Å². The van der Waals surface area contributed by atoms with Crippen molar-refractivity contribution in [3.63, 3.8) is 0 Å². The van der Waals surface area contributed by atoms with Crippen molar-refractivity contribution in [2.45, 2.75) is 6.18 Å². The number of nitrogens with zero attached hydrogens (tertiary/aromatic N) is 3. The number of para-hydroxylation sites is 1. The van der Waals surface area contributed by atoms with Gasteiger partial charge in [-0.1, -0.05) is 30.3 Å². The molecule has 0 atom stereocenters. The number of carbonyl (C=O) groups is 1. The highest BCUT2D eigenvalue weighted by molar-refractivity contribution is 7.21. The van der Waals surface area contributed by atoms with Gasteiger partial charge in [0.2, 0.25) is 0 Å². The molecule has 10 heteroatoms. The standard InChI is InChI=1S/C23H16F3N5OS/c24-23(25,26)20(29-15-6-2-1-3-7-15)17(12-27)21(32)30-16-8-4-5-14(11-16)22-31-18-9-10-28-13-19(18)33-22/h1-13H,27H2,(H,30,32). The average Bonchev–Trinajstić information content (AvgIpc) is 3.24. The van der Waals surface area contributed by atoms with Crippen molar-refractivity contribution in [3.8, 4) is 10.6 Å². The van der Waals surface area contributed by atoms with Crippen LogP contribution in [0.1, 0.15) is 0 Å². The van der Waals surface area contributed by atoms with Crippen LogP contribution in [0.4, 0.5) is 24.5 Å². The van der Waals surface area contributed by atoms with E-state index in [1.54, 1.807) is 60.9 Å². The molecule has 33 heavy (non-hydrogen) atoms. The number of aliphatic imine (C=N–C) groups is 1. The largest absolute Gasteiger partial charge is 0.434 e. The quantitative estimate of drug-likeness (QED) is 0.300. The maximum atomic E-state index is 13.7. The number of fused-ring (bicyclic) bond motifs is 1. The Morgan fingerprint density at radius 3 is 2.58 bits per heavy atom. The molecule has 0 aliphatic heterocycles. The van der Waals surface area contributed by atoms with Crippen LogP contribution in [0.25, 0.3) is 20.8 Å². The van der Waals surface area contributed by atoms with Crippen LogP contribution in [-0.4, -0.2) is 27.8 Å². The van der Waals surface area contributed by atoms with E-state index in [1.807, 2.05) is 0 Å². The third kappa shape index (κ3) is 5.07. The van der Waals surface area contributed by atoms with Crippen LogP contribution in [0, 0.1) is 0 Å². The second-order valence-corrected chi connectivity index (χ2v) is 7.80. The lowest BCUT2D eigenvalue weighted by atomic mass is 10.1. The Balaban J connectivity index is 1.62. The predicted octanol–water partition coefficient (Wildman–Crippen LogP) is 5.47. The number of halogens is 3. The smallest absolute Gasteiger partial charge is 0.404 e. The molecule has 0 saturated carbocycles. The normalized spacial score (nSPS) is 12.7. The third-order valence-electron chi connectivity index (χ3n) is 4.49. The summed E-state index contributed by atoms with van der Waals surface area (Å²) in [5, 5.41) is 3.16. The molecule has 2 aromatic carbocycles. The summed E-state index contributed by atoms with van der Waals surface area (Å²) in [5.74, 6) is -1.03. The second-order valence-electron chi connectivity index (χ2n) is 6.77. The fourth-order valence-corrected chi connectivity index (χ4v) is 3.93. The molecule has 0 fully saturated rings. The van der Waals surface area contributed by atoms with E-state index in [-0.39, 0.29) is 11.4 Å². The highest BCUT2D eigenvalue weighted by Crippen LogP contribution is 2.31. The van der Waals surface area contributed by atoms with Crippen LogP contribution < -0.4 is 11.1 Å². The Hall–Kier alpha value is -4.05. The van der Waals surface area contributed by atoms with E-state index in [0.717, 1.165) is 10.2 Å². The summed E-state index contributed by atoms with van der Waals surface area (Å²) in [6.45, 7) is 0. The zero-order chi connectivity index (χ0) is 23.4. The molecule has 3 N–H and O–H groups in total. The lowest BCUT2D eigenvalue weighted by Crippen LogP contribution is -2.32. The fourth-order valence-electron chi connectivity index (χ4n) is 3.00. The Morgan fingerprint density at radius 2 is 1.88 bits per heavy atom. The maximum absolute atomic E-state index is 13.7. The van der Waals surface area contributed by atoms with E-state index in [4.69, 9.17) is 5.73 Å². The number of benzene rings is 2. The number of carbonyl (C=O) groups excluding carboxylic acids is 1. The monoisotopic (exact) mass is 467 g/mol. The molecule has 0 spiro atoms. The number of hydrogen-bond acceptors (Lipinski definition) is 6. The number of thiazole rings is 1. The van der Waals surface area contributed by atoms with E-state index in [1.165, 1.54) is 23.5 Å². The topological polar surface area (TPSA) is 93.3 Å². The van der Waals surface area contributed by atoms with Crippen LogP contribution in [0.2, 0.25) is 0 Å². The van der Waals surface area contributed by atoms with Gasteiger partial charge in [-0.3, -0.25) is 9.78 Å². The molecular weight excluding hydrogens is 451 g/mol. The Morgan fingerprint density at radius 1 is 1.09 bits per heavy atom. The molecule has 2 heterocycles. The molecule has 166 valence electrons. The minimum absolute atomic E-state index is 0.0456. The van der Waals surface area contributed by atoms with Gasteiger partial charge >= 0.3 is 6.18 Å². The summed E-state index contributed by atoms with van der Waals surface area (Å²) in [6.07, 6.45) is -0.951. The van der Waals surface area contributed by atoms with Crippen LogP contribution in [0.15, 0.2) is 89.8 Å². The van der Waals surface area contributed by atoms with Crippen molar-refractivity contribution in [1.82, 2.24) is 9.97 Å². The second kappa shape index (κ2) is 9.21. The minimum Gasteiger partial charge on any atom is -0.404 e. The fraction of sp³-hybridized carbons (Fsp3) is 0.0435. The summed E-state index contributed by atoms with van der Waals surface area (Å²) in [7, 11) is 0. The summed E-state index contributed by atoms with van der Waals surface area (Å²) < 4.78 is 42.0. The molecule has 6 nitrogen and oxygen atoms in total. The molecule has 0 radical (unpaired) electrons. The number of pyridine rings is 1. The van der Waals surface area contributed by atoms with Crippen molar-refractivity contribution in [1.29, 1.82) is 0 Å². The Kier molecular flexibility index (Phi) is 6.18. The van der Waals surface area contributed by atoms with Gasteiger partial charge in [0.05, 0.1) is 21.5 Å². The average molecular weight is 467 g/mol. The summed E-state index contributed by atoms with van der Waals surface area (Å²) in [6, 6.07) is 16.0. The van der Waals surface area contributed by atoms with Crippen LogP contribution in [-0.2, 0) is 4.79 Å². The molecule has 2 aromatic heterocycles. The molecule has 0 aliphatic rings. The number of amides is 1. The molecule has 0 bridgehead atoms. The molecule has 4 rings (SSSR count). The van der Waals surface area contributed by atoms with Gasteiger partial charge in [-0.15, -0.1) is 11.3 Å². The number of aromatic nitrogens is 2. The van der Waals surface area contributed by atoms with Crippen molar-refractivity contribution < 1.29 is 18.0 Å². The zero-order valence-electron chi connectivity index (χ0n) is 16.9. The number of nitrogens with one attached hydrogen (secondary N) is 1. The summed E-state index contributed by atoms with van der Waals surface area (Å²) >= 11 is 1.41. The van der Waals surface area contributed by atoms with Gasteiger partial charge in [0.15, 0.2) is 5.71 Å². The van der Waals surface area contributed by atoms with Gasteiger partial charge in [-0.25, -0.2) is 9.98 Å². The lowest BCUT2D eigenvalue weighted by molar-refractivity contribution is -0.113. The van der Waals surface area contributed by atoms with Gasteiger partial charge in [0.1, 0.15) is 5.01 Å². The molecule has 0 unspecified atom stereocenters. The van der Waals surface area contributed by atoms with Gasteiger partial charge in [-0.05, 0) is 30.3 Å². The number of alkyl halides is 3. The zero-order valence-corrected chi connectivity index (χ0v) is 17.7. The highest BCUT2D eigenvalue weighted by Gasteiger charge is 2.40. The van der Waals surface area contributed by atoms with Gasteiger partial charge < -0.3 is 11.1 Å². The Labute approximate surface area is 190 Å². The number of nitrogens with two attached hydrogens (primary N) is 1. The lowest BCUT2D eigenvalue weighted by Gasteiger charge is -2.14. The van der Waals surface area contributed by atoms with Crippen LogP contribution >= 0.6 is 11.3 Å². The van der Waals surface area contributed by atoms with E-state index in [0.29, 0.717) is 16.8 Å².